The number of para-hydroxylation sites is 1. The van der Waals surface area contributed by atoms with Crippen LogP contribution in [0.3, 0.4) is 0 Å². The van der Waals surface area contributed by atoms with Gasteiger partial charge in [0.1, 0.15) is 0 Å². The maximum Gasteiger partial charge on any atom is 0.250 e. The van der Waals surface area contributed by atoms with E-state index in [1.54, 1.807) is 31.0 Å². The van der Waals surface area contributed by atoms with E-state index in [0.717, 1.165) is 29.2 Å². The normalized spacial score (nSPS) is 12.8. The number of nitrogens with zero attached hydrogens (tertiary/aromatic N) is 2. The third-order valence-electron chi connectivity index (χ3n) is 4.06. The zero-order valence-corrected chi connectivity index (χ0v) is 14.0. The van der Waals surface area contributed by atoms with Gasteiger partial charge in [0.05, 0.1) is 6.61 Å². The number of hydrogen-bond donors (Lipinski definition) is 0. The van der Waals surface area contributed by atoms with Crippen molar-refractivity contribution in [1.82, 2.24) is 9.47 Å². The first-order valence-electron chi connectivity index (χ1n) is 7.91. The van der Waals surface area contributed by atoms with Crippen LogP contribution in [0.5, 0.6) is 11.5 Å². The fraction of sp³-hybridized carbons (Fsp3) is 0.389. The van der Waals surface area contributed by atoms with Crippen molar-refractivity contribution in [1.29, 1.82) is 0 Å². The molecule has 3 rings (SSSR count). The lowest BCUT2D eigenvalue weighted by Crippen LogP contribution is -2.28. The Morgan fingerprint density at radius 3 is 2.92 bits per heavy atom. The summed E-state index contributed by atoms with van der Waals surface area (Å²) < 4.78 is 17.8. The van der Waals surface area contributed by atoms with Gasteiger partial charge in [-0.2, -0.15) is 0 Å². The molecule has 1 aromatic carbocycles. The molecule has 1 aliphatic rings. The van der Waals surface area contributed by atoms with E-state index in [0.29, 0.717) is 19.7 Å². The van der Waals surface area contributed by atoms with Crippen molar-refractivity contribution in [3.05, 3.63) is 58.0 Å². The van der Waals surface area contributed by atoms with Crippen molar-refractivity contribution >= 4 is 0 Å². The summed E-state index contributed by atoms with van der Waals surface area (Å²) in [5, 5.41) is 0. The van der Waals surface area contributed by atoms with Gasteiger partial charge in [-0.15, -0.1) is 0 Å². The van der Waals surface area contributed by atoms with Crippen molar-refractivity contribution in [2.45, 2.75) is 13.1 Å². The number of pyridine rings is 1. The van der Waals surface area contributed by atoms with Crippen LogP contribution in [0.1, 0.15) is 11.1 Å². The van der Waals surface area contributed by atoms with Crippen LogP contribution in [0.2, 0.25) is 0 Å². The molecule has 0 amide bonds. The molecule has 24 heavy (non-hydrogen) atoms. The molecule has 128 valence electrons. The summed E-state index contributed by atoms with van der Waals surface area (Å²) >= 11 is 0. The van der Waals surface area contributed by atoms with Gasteiger partial charge < -0.3 is 18.8 Å². The van der Waals surface area contributed by atoms with Crippen LogP contribution < -0.4 is 15.0 Å². The summed E-state index contributed by atoms with van der Waals surface area (Å²) in [6.45, 7) is 3.02. The topological polar surface area (TPSA) is 52.9 Å². The number of aryl methyl sites for hydroxylation is 1. The Bertz CT molecular complexity index is 757. The first-order valence-corrected chi connectivity index (χ1v) is 7.91. The van der Waals surface area contributed by atoms with Gasteiger partial charge in [-0.1, -0.05) is 12.1 Å². The summed E-state index contributed by atoms with van der Waals surface area (Å²) in [6.07, 6.45) is 1.79. The second kappa shape index (κ2) is 7.51. The minimum absolute atomic E-state index is 0.00322. The van der Waals surface area contributed by atoms with Crippen molar-refractivity contribution in [2.75, 3.05) is 27.1 Å². The molecule has 0 bridgehead atoms. The molecule has 0 radical (unpaired) electrons. The number of ether oxygens (including phenoxy) is 3. The Labute approximate surface area is 141 Å². The molecule has 0 aliphatic carbocycles. The van der Waals surface area contributed by atoms with Crippen LogP contribution in [0.25, 0.3) is 0 Å². The zero-order valence-electron chi connectivity index (χ0n) is 14.0. The average Bonchev–Trinajstić information content (AvgIpc) is 3.06. The Balaban J connectivity index is 1.78. The van der Waals surface area contributed by atoms with Crippen molar-refractivity contribution in [3.63, 3.8) is 0 Å². The highest BCUT2D eigenvalue weighted by Crippen LogP contribution is 2.36. The van der Waals surface area contributed by atoms with Gasteiger partial charge in [0.2, 0.25) is 6.79 Å². The van der Waals surface area contributed by atoms with E-state index in [2.05, 4.69) is 4.90 Å². The molecular weight excluding hydrogens is 308 g/mol. The minimum Gasteiger partial charge on any atom is -0.454 e. The Hall–Kier alpha value is -2.31. The van der Waals surface area contributed by atoms with Gasteiger partial charge in [0, 0.05) is 51.6 Å². The van der Waals surface area contributed by atoms with E-state index < -0.39 is 0 Å². The maximum atomic E-state index is 11.8. The highest BCUT2D eigenvalue weighted by atomic mass is 16.7. The second-order valence-electron chi connectivity index (χ2n) is 5.84. The lowest BCUT2D eigenvalue weighted by atomic mass is 10.1. The molecule has 1 aliphatic heterocycles. The monoisotopic (exact) mass is 330 g/mol. The highest BCUT2D eigenvalue weighted by Gasteiger charge is 2.19. The minimum atomic E-state index is -0.00322. The van der Waals surface area contributed by atoms with Gasteiger partial charge in [-0.05, 0) is 17.7 Å². The smallest absolute Gasteiger partial charge is 0.250 e. The van der Waals surface area contributed by atoms with Crippen molar-refractivity contribution < 1.29 is 14.2 Å². The van der Waals surface area contributed by atoms with E-state index >= 15 is 0 Å². The molecule has 0 saturated carbocycles. The largest absolute Gasteiger partial charge is 0.454 e. The lowest BCUT2D eigenvalue weighted by Gasteiger charge is -2.23. The Morgan fingerprint density at radius 1 is 1.25 bits per heavy atom. The van der Waals surface area contributed by atoms with Gasteiger partial charge in [0.25, 0.3) is 5.56 Å². The van der Waals surface area contributed by atoms with Crippen LogP contribution in [-0.4, -0.2) is 36.5 Å². The number of benzene rings is 1. The summed E-state index contributed by atoms with van der Waals surface area (Å²) in [5.41, 5.74) is 2.06. The molecule has 0 fully saturated rings. The molecule has 6 nitrogen and oxygen atoms in total. The fourth-order valence-corrected chi connectivity index (χ4v) is 2.74. The summed E-state index contributed by atoms with van der Waals surface area (Å²) in [7, 11) is 3.44. The first-order chi connectivity index (χ1) is 11.7. The Morgan fingerprint density at radius 2 is 2.12 bits per heavy atom. The summed E-state index contributed by atoms with van der Waals surface area (Å²) in [5.74, 6) is 1.59. The van der Waals surface area contributed by atoms with Gasteiger partial charge in [-0.3, -0.25) is 9.69 Å². The number of fused-ring (bicyclic) bond motifs is 1. The molecule has 2 aromatic rings. The van der Waals surface area contributed by atoms with Crippen LogP contribution in [0.15, 0.2) is 41.3 Å². The third-order valence-corrected chi connectivity index (χ3v) is 4.06. The van der Waals surface area contributed by atoms with E-state index in [9.17, 15) is 4.79 Å². The average molecular weight is 330 g/mol. The maximum absolute atomic E-state index is 11.8. The SMILES string of the molecule is COCCN(Cc1ccn(C)c(=O)c1)Cc1cccc2c1OCO2. The molecule has 6 heteroatoms. The molecule has 0 spiro atoms. The van der Waals surface area contributed by atoms with Gasteiger partial charge >= 0.3 is 0 Å². The number of methoxy groups -OCH3 is 1. The molecule has 0 N–H and O–H groups in total. The van der Waals surface area contributed by atoms with E-state index in [1.165, 1.54) is 0 Å². The van der Waals surface area contributed by atoms with Crippen molar-refractivity contribution in [2.24, 2.45) is 7.05 Å². The molecule has 0 unspecified atom stereocenters. The van der Waals surface area contributed by atoms with Crippen LogP contribution >= 0.6 is 0 Å². The molecular formula is C18H22N2O4. The predicted molar refractivity (Wildman–Crippen MR) is 90.2 cm³/mol. The van der Waals surface area contributed by atoms with Gasteiger partial charge in [-0.25, -0.2) is 0 Å². The second-order valence-corrected chi connectivity index (χ2v) is 5.84. The lowest BCUT2D eigenvalue weighted by molar-refractivity contribution is 0.138. The summed E-state index contributed by atoms with van der Waals surface area (Å²) in [4.78, 5) is 14.1. The first kappa shape index (κ1) is 16.5. The molecule has 0 saturated heterocycles. The fourth-order valence-electron chi connectivity index (χ4n) is 2.74. The highest BCUT2D eigenvalue weighted by molar-refractivity contribution is 5.48. The van der Waals surface area contributed by atoms with Gasteiger partial charge in [0.15, 0.2) is 11.5 Å². The summed E-state index contributed by atoms with van der Waals surface area (Å²) in [6, 6.07) is 9.56. The standard InChI is InChI=1S/C18H22N2O4/c1-19-7-6-14(10-17(19)21)11-20(8-9-22-2)12-15-4-3-5-16-18(15)24-13-23-16/h3-7,10H,8-9,11-13H2,1-2H3. The van der Waals surface area contributed by atoms with Crippen LogP contribution in [0, 0.1) is 0 Å². The molecule has 2 heterocycles. The van der Waals surface area contributed by atoms with E-state index in [1.807, 2.05) is 24.3 Å². The van der Waals surface area contributed by atoms with Crippen molar-refractivity contribution in [3.8, 4) is 11.5 Å². The zero-order chi connectivity index (χ0) is 16.9. The van der Waals surface area contributed by atoms with E-state index in [-0.39, 0.29) is 12.4 Å². The number of rotatable bonds is 7. The molecule has 0 atom stereocenters. The van der Waals surface area contributed by atoms with Crippen LogP contribution in [-0.2, 0) is 24.9 Å². The predicted octanol–water partition coefficient (Wildman–Crippen LogP) is 1.76. The van der Waals surface area contributed by atoms with Crippen LogP contribution in [0.4, 0.5) is 0 Å². The quantitative estimate of drug-likeness (QED) is 0.774. The molecule has 1 aromatic heterocycles. The number of aromatic nitrogens is 1. The number of hydrogen-bond acceptors (Lipinski definition) is 5. The Kier molecular flexibility index (Phi) is 5.17. The third kappa shape index (κ3) is 3.77. The van der Waals surface area contributed by atoms with E-state index in [4.69, 9.17) is 14.2 Å².